The molecule has 0 radical (unpaired) electrons. The monoisotopic (exact) mass is 207 g/mol. The molecular weight excluding hydrogens is 190 g/mol. The van der Waals surface area contributed by atoms with Crippen molar-refractivity contribution < 1.29 is 4.79 Å². The maximum absolute atomic E-state index is 10.8. The third-order valence-electron chi connectivity index (χ3n) is 2.19. The van der Waals surface area contributed by atoms with Crippen LogP contribution in [0.3, 0.4) is 0 Å². The molecule has 0 fully saturated rings. The van der Waals surface area contributed by atoms with Gasteiger partial charge in [0.2, 0.25) is 5.91 Å². The van der Waals surface area contributed by atoms with Gasteiger partial charge >= 0.3 is 0 Å². The summed E-state index contributed by atoms with van der Waals surface area (Å²) >= 11 is 0. The highest BCUT2D eigenvalue weighted by Crippen LogP contribution is 1.98. The van der Waals surface area contributed by atoms with E-state index in [1.165, 1.54) is 0 Å². The smallest absolute Gasteiger partial charge is 0.221 e. The number of nitrogens with zero attached hydrogens (tertiary/aromatic N) is 1. The lowest BCUT2D eigenvalue weighted by atomic mass is 10.2. The highest BCUT2D eigenvalue weighted by molar-refractivity contribution is 5.76. The molecule has 0 saturated heterocycles. The fourth-order valence-electron chi connectivity index (χ4n) is 1.22. The number of aromatic nitrogens is 1. The summed E-state index contributed by atoms with van der Waals surface area (Å²) in [6, 6.07) is 5.88. The van der Waals surface area contributed by atoms with Crippen LogP contribution in [-0.2, 0) is 11.3 Å². The van der Waals surface area contributed by atoms with Crippen molar-refractivity contribution in [2.45, 2.75) is 20.4 Å². The summed E-state index contributed by atoms with van der Waals surface area (Å²) in [4.78, 5) is 15.1. The Morgan fingerprint density at radius 3 is 2.93 bits per heavy atom. The summed E-state index contributed by atoms with van der Waals surface area (Å²) in [6.45, 7) is 5.01. The molecule has 1 amide bonds. The first-order valence-electron chi connectivity index (χ1n) is 5.02. The van der Waals surface area contributed by atoms with Crippen LogP contribution in [0, 0.1) is 12.8 Å². The van der Waals surface area contributed by atoms with Crippen LogP contribution in [0.15, 0.2) is 18.2 Å². The molecule has 1 atom stereocenters. The highest BCUT2D eigenvalue weighted by Gasteiger charge is 2.07. The second kappa shape index (κ2) is 5.46. The van der Waals surface area contributed by atoms with Gasteiger partial charge < -0.3 is 11.1 Å². The fraction of sp³-hybridized carbons (Fsp3) is 0.455. The van der Waals surface area contributed by atoms with Gasteiger partial charge in [0.1, 0.15) is 0 Å². The average Bonchev–Trinajstić information content (AvgIpc) is 2.17. The fourth-order valence-corrected chi connectivity index (χ4v) is 1.22. The second-order valence-corrected chi connectivity index (χ2v) is 3.70. The first-order valence-corrected chi connectivity index (χ1v) is 5.02. The highest BCUT2D eigenvalue weighted by atomic mass is 16.1. The molecular formula is C11H17N3O. The Balaban J connectivity index is 2.35. The quantitative estimate of drug-likeness (QED) is 0.743. The molecule has 3 N–H and O–H groups in total. The predicted molar refractivity (Wildman–Crippen MR) is 59.0 cm³/mol. The van der Waals surface area contributed by atoms with Gasteiger partial charge in [0.05, 0.1) is 5.69 Å². The van der Waals surface area contributed by atoms with Gasteiger partial charge in [0, 0.05) is 24.7 Å². The lowest BCUT2D eigenvalue weighted by molar-refractivity contribution is -0.121. The van der Waals surface area contributed by atoms with E-state index in [1.807, 2.05) is 25.1 Å². The van der Waals surface area contributed by atoms with Gasteiger partial charge in [-0.25, -0.2) is 0 Å². The van der Waals surface area contributed by atoms with Crippen LogP contribution in [0.1, 0.15) is 18.3 Å². The van der Waals surface area contributed by atoms with Crippen LogP contribution in [0.2, 0.25) is 0 Å². The largest absolute Gasteiger partial charge is 0.369 e. The molecule has 0 saturated carbocycles. The Morgan fingerprint density at radius 2 is 2.33 bits per heavy atom. The SMILES string of the molecule is Cc1cccc(CNCC(C)C(N)=O)n1. The van der Waals surface area contributed by atoms with E-state index in [-0.39, 0.29) is 11.8 Å². The Bertz CT molecular complexity index is 338. The van der Waals surface area contributed by atoms with Crippen LogP contribution in [-0.4, -0.2) is 17.4 Å². The number of hydrogen-bond acceptors (Lipinski definition) is 3. The number of aryl methyl sites for hydroxylation is 1. The average molecular weight is 207 g/mol. The molecule has 1 unspecified atom stereocenters. The molecule has 0 spiro atoms. The van der Waals surface area contributed by atoms with E-state index >= 15 is 0 Å². The molecule has 4 nitrogen and oxygen atoms in total. The minimum absolute atomic E-state index is 0.144. The van der Waals surface area contributed by atoms with Crippen molar-refractivity contribution in [1.82, 2.24) is 10.3 Å². The van der Waals surface area contributed by atoms with Crippen molar-refractivity contribution in [2.75, 3.05) is 6.54 Å². The van der Waals surface area contributed by atoms with E-state index < -0.39 is 0 Å². The zero-order valence-corrected chi connectivity index (χ0v) is 9.16. The van der Waals surface area contributed by atoms with Gasteiger partial charge in [0.25, 0.3) is 0 Å². The standard InChI is InChI=1S/C11H17N3O/c1-8(11(12)15)6-13-7-10-5-3-4-9(2)14-10/h3-5,8,13H,6-7H2,1-2H3,(H2,12,15). The minimum atomic E-state index is -0.278. The van der Waals surface area contributed by atoms with Crippen LogP contribution in [0.4, 0.5) is 0 Å². The van der Waals surface area contributed by atoms with E-state index in [0.29, 0.717) is 13.1 Å². The van der Waals surface area contributed by atoms with E-state index in [0.717, 1.165) is 11.4 Å². The Hall–Kier alpha value is -1.42. The molecule has 15 heavy (non-hydrogen) atoms. The van der Waals surface area contributed by atoms with Gasteiger partial charge in [-0.2, -0.15) is 0 Å². The molecule has 0 aliphatic heterocycles. The van der Waals surface area contributed by atoms with Crippen LogP contribution < -0.4 is 11.1 Å². The minimum Gasteiger partial charge on any atom is -0.369 e. The van der Waals surface area contributed by atoms with E-state index in [1.54, 1.807) is 6.92 Å². The number of hydrogen-bond donors (Lipinski definition) is 2. The van der Waals surface area contributed by atoms with Crippen LogP contribution in [0.5, 0.6) is 0 Å². The number of carbonyl (C=O) groups is 1. The van der Waals surface area contributed by atoms with E-state index in [9.17, 15) is 4.79 Å². The maximum Gasteiger partial charge on any atom is 0.221 e. The molecule has 4 heteroatoms. The zero-order chi connectivity index (χ0) is 11.3. The number of primary amides is 1. The van der Waals surface area contributed by atoms with Crippen molar-refractivity contribution in [3.8, 4) is 0 Å². The molecule has 1 rings (SSSR count). The normalized spacial score (nSPS) is 12.4. The number of rotatable bonds is 5. The van der Waals surface area contributed by atoms with Crippen molar-refractivity contribution in [1.29, 1.82) is 0 Å². The molecule has 0 aliphatic rings. The third kappa shape index (κ3) is 4.08. The Labute approximate surface area is 89.9 Å². The van der Waals surface area contributed by atoms with Gasteiger partial charge in [-0.15, -0.1) is 0 Å². The lowest BCUT2D eigenvalue weighted by Gasteiger charge is -2.08. The summed E-state index contributed by atoms with van der Waals surface area (Å²) in [5, 5.41) is 3.15. The lowest BCUT2D eigenvalue weighted by Crippen LogP contribution is -2.30. The number of amides is 1. The molecule has 0 aliphatic carbocycles. The predicted octanol–water partition coefficient (Wildman–Crippen LogP) is 0.601. The van der Waals surface area contributed by atoms with Crippen molar-refractivity contribution in [3.63, 3.8) is 0 Å². The molecule has 1 aromatic rings. The van der Waals surface area contributed by atoms with Gasteiger partial charge in [0.15, 0.2) is 0 Å². The van der Waals surface area contributed by atoms with E-state index in [4.69, 9.17) is 5.73 Å². The van der Waals surface area contributed by atoms with E-state index in [2.05, 4.69) is 10.3 Å². The third-order valence-corrected chi connectivity index (χ3v) is 2.19. The van der Waals surface area contributed by atoms with Gasteiger partial charge in [-0.1, -0.05) is 13.0 Å². The van der Waals surface area contributed by atoms with Crippen LogP contribution in [0.25, 0.3) is 0 Å². The molecule has 0 aromatic carbocycles. The summed E-state index contributed by atoms with van der Waals surface area (Å²) in [7, 11) is 0. The van der Waals surface area contributed by atoms with Crippen LogP contribution >= 0.6 is 0 Å². The van der Waals surface area contributed by atoms with Gasteiger partial charge in [-0.3, -0.25) is 9.78 Å². The summed E-state index contributed by atoms with van der Waals surface area (Å²) in [6.07, 6.45) is 0. The van der Waals surface area contributed by atoms with Crippen molar-refractivity contribution in [2.24, 2.45) is 11.7 Å². The summed E-state index contributed by atoms with van der Waals surface area (Å²) in [5.41, 5.74) is 7.12. The molecule has 0 bridgehead atoms. The first kappa shape index (κ1) is 11.7. The summed E-state index contributed by atoms with van der Waals surface area (Å²) < 4.78 is 0. The molecule has 1 aromatic heterocycles. The van der Waals surface area contributed by atoms with Crippen molar-refractivity contribution >= 4 is 5.91 Å². The zero-order valence-electron chi connectivity index (χ0n) is 9.16. The molecule has 1 heterocycles. The van der Waals surface area contributed by atoms with Gasteiger partial charge in [-0.05, 0) is 19.1 Å². The Morgan fingerprint density at radius 1 is 1.60 bits per heavy atom. The second-order valence-electron chi connectivity index (χ2n) is 3.70. The first-order chi connectivity index (χ1) is 7.09. The number of pyridine rings is 1. The number of nitrogens with one attached hydrogen (secondary N) is 1. The molecule has 82 valence electrons. The Kier molecular flexibility index (Phi) is 4.24. The number of nitrogens with two attached hydrogens (primary N) is 1. The number of carbonyl (C=O) groups excluding carboxylic acids is 1. The summed E-state index contributed by atoms with van der Waals surface area (Å²) in [5.74, 6) is -0.422. The topological polar surface area (TPSA) is 68.0 Å². The maximum atomic E-state index is 10.8. The van der Waals surface area contributed by atoms with Crippen molar-refractivity contribution in [3.05, 3.63) is 29.6 Å².